The number of thiophene rings is 4. The van der Waals surface area contributed by atoms with Gasteiger partial charge in [-0.1, -0.05) is 291 Å². The molecule has 112 heavy (non-hydrogen) atoms. The van der Waals surface area contributed by atoms with Crippen LogP contribution in [0, 0.1) is 0 Å². The first-order valence-corrected chi connectivity index (χ1v) is 40.7. The normalized spacial score (nSPS) is 11.8. The summed E-state index contributed by atoms with van der Waals surface area (Å²) in [5.74, 6) is 3.50. The molecule has 0 N–H and O–H groups in total. The van der Waals surface area contributed by atoms with Crippen LogP contribution in [0.15, 0.2) is 364 Å². The predicted molar refractivity (Wildman–Crippen MR) is 475 cm³/mol. The Bertz CT molecular complexity index is 7510. The molecule has 0 amide bonds. The lowest BCUT2D eigenvalue weighted by molar-refractivity contribution is 1.08. The molecule has 0 radical (unpaired) electrons. The van der Waals surface area contributed by atoms with Gasteiger partial charge in [0.25, 0.3) is 0 Å². The highest BCUT2D eigenvalue weighted by molar-refractivity contribution is 7.27. The monoisotopic (exact) mass is 1500 g/mol. The first-order valence-electron chi connectivity index (χ1n) is 37.4. The third-order valence-electron chi connectivity index (χ3n) is 21.7. The van der Waals surface area contributed by atoms with Gasteiger partial charge >= 0.3 is 0 Å². The zero-order valence-electron chi connectivity index (χ0n) is 60.0. The molecular formula is C102H60N6S4. The molecule has 0 saturated carbocycles. The van der Waals surface area contributed by atoms with Gasteiger partial charge in [-0.2, -0.15) is 0 Å². The average molecular weight is 1500 g/mol. The lowest BCUT2D eigenvalue weighted by Crippen LogP contribution is -2.02. The van der Waals surface area contributed by atoms with E-state index in [2.05, 4.69) is 364 Å². The molecule has 0 spiro atoms. The molecule has 0 unspecified atom stereocenters. The largest absolute Gasteiger partial charge is 0.208 e. The Balaban J connectivity index is 0.709. The van der Waals surface area contributed by atoms with E-state index in [-0.39, 0.29) is 0 Å². The highest BCUT2D eigenvalue weighted by Crippen LogP contribution is 2.50. The first-order chi connectivity index (χ1) is 55.5. The van der Waals surface area contributed by atoms with E-state index in [9.17, 15) is 0 Å². The second kappa shape index (κ2) is 27.2. The summed E-state index contributed by atoms with van der Waals surface area (Å²) in [5, 5.41) is 9.74. The maximum absolute atomic E-state index is 5.69. The Labute approximate surface area is 661 Å². The molecule has 522 valence electrons. The van der Waals surface area contributed by atoms with Crippen LogP contribution >= 0.6 is 45.3 Å². The van der Waals surface area contributed by atoms with Crippen LogP contribution in [0.5, 0.6) is 0 Å². The molecule has 0 aliphatic carbocycles. The van der Waals surface area contributed by atoms with Crippen LogP contribution < -0.4 is 0 Å². The van der Waals surface area contributed by atoms with E-state index in [0.29, 0.717) is 34.9 Å². The van der Waals surface area contributed by atoms with Crippen LogP contribution in [-0.4, -0.2) is 29.9 Å². The van der Waals surface area contributed by atoms with Gasteiger partial charge in [0.2, 0.25) is 0 Å². The van der Waals surface area contributed by atoms with Crippen molar-refractivity contribution in [1.29, 1.82) is 0 Å². The van der Waals surface area contributed by atoms with E-state index in [1.807, 2.05) is 22.7 Å². The fourth-order valence-corrected chi connectivity index (χ4v) is 21.2. The van der Waals surface area contributed by atoms with Gasteiger partial charge in [0.05, 0.1) is 0 Å². The molecule has 6 heterocycles. The first kappa shape index (κ1) is 65.5. The Morgan fingerprint density at radius 1 is 0.143 bits per heavy atom. The molecule has 6 nitrogen and oxygen atoms in total. The summed E-state index contributed by atoms with van der Waals surface area (Å²) in [5.41, 5.74) is 20.7. The van der Waals surface area contributed by atoms with Crippen LogP contribution in [0.2, 0.25) is 0 Å². The summed E-state index contributed by atoms with van der Waals surface area (Å²) in [6, 6.07) is 131. The molecule has 0 aliphatic heterocycles. The van der Waals surface area contributed by atoms with E-state index in [0.717, 1.165) is 125 Å². The van der Waals surface area contributed by atoms with Crippen molar-refractivity contribution in [2.45, 2.75) is 0 Å². The summed E-state index contributed by atoms with van der Waals surface area (Å²) < 4.78 is 9.68. The van der Waals surface area contributed by atoms with Crippen molar-refractivity contribution in [2.75, 3.05) is 0 Å². The number of hydrogen-bond acceptors (Lipinski definition) is 10. The maximum atomic E-state index is 5.69. The summed E-state index contributed by atoms with van der Waals surface area (Å²) in [6.45, 7) is 0. The quantitative estimate of drug-likeness (QED) is 0.114. The number of benzene rings is 16. The Morgan fingerprint density at radius 3 is 1.06 bits per heavy atom. The average Bonchev–Trinajstić information content (AvgIpc) is 1.53. The van der Waals surface area contributed by atoms with Crippen LogP contribution in [0.4, 0.5) is 0 Å². The van der Waals surface area contributed by atoms with E-state index < -0.39 is 0 Å². The highest BCUT2D eigenvalue weighted by Gasteiger charge is 2.26. The number of aromatic nitrogens is 6. The van der Waals surface area contributed by atoms with Crippen molar-refractivity contribution in [3.63, 3.8) is 0 Å². The maximum Gasteiger partial charge on any atom is 0.165 e. The molecule has 0 bridgehead atoms. The molecule has 0 fully saturated rings. The summed E-state index contributed by atoms with van der Waals surface area (Å²) in [4.78, 5) is 33.6. The summed E-state index contributed by atoms with van der Waals surface area (Å²) in [6.07, 6.45) is 0. The van der Waals surface area contributed by atoms with E-state index in [4.69, 9.17) is 29.9 Å². The minimum Gasteiger partial charge on any atom is -0.208 e. The fraction of sp³-hybridized carbons (Fsp3) is 0. The zero-order chi connectivity index (χ0) is 73.7. The van der Waals surface area contributed by atoms with Crippen molar-refractivity contribution in [3.05, 3.63) is 364 Å². The number of nitrogens with zero attached hydrogens (tertiary/aromatic N) is 6. The van der Waals surface area contributed by atoms with Crippen molar-refractivity contribution in [3.8, 4) is 146 Å². The van der Waals surface area contributed by atoms with E-state index in [1.54, 1.807) is 22.7 Å². The second-order valence-corrected chi connectivity index (χ2v) is 32.5. The van der Waals surface area contributed by atoms with Gasteiger partial charge in [0, 0.05) is 114 Å². The van der Waals surface area contributed by atoms with Crippen LogP contribution in [0.3, 0.4) is 0 Å². The molecule has 16 aromatic carbocycles. The third kappa shape index (κ3) is 11.4. The number of rotatable bonds is 13. The molecule has 22 rings (SSSR count). The molecule has 10 heteroatoms. The molecule has 22 aromatic rings. The Morgan fingerprint density at radius 2 is 0.464 bits per heavy atom. The topological polar surface area (TPSA) is 77.3 Å². The minimum atomic E-state index is 0.573. The molecule has 0 atom stereocenters. The minimum absolute atomic E-state index is 0.573. The molecular weight excluding hydrogens is 1440 g/mol. The molecule has 0 aliphatic rings. The van der Waals surface area contributed by atoms with Crippen molar-refractivity contribution >= 4 is 126 Å². The fourth-order valence-electron chi connectivity index (χ4n) is 16.3. The van der Waals surface area contributed by atoms with Crippen molar-refractivity contribution < 1.29 is 0 Å². The van der Waals surface area contributed by atoms with Gasteiger partial charge in [-0.05, 0) is 151 Å². The molecule has 0 saturated heterocycles. The summed E-state index contributed by atoms with van der Waals surface area (Å²) in [7, 11) is 0. The van der Waals surface area contributed by atoms with Crippen molar-refractivity contribution in [1.82, 2.24) is 29.9 Å². The van der Waals surface area contributed by atoms with Gasteiger partial charge in [0.1, 0.15) is 0 Å². The lowest BCUT2D eigenvalue weighted by Gasteiger charge is -2.16. The van der Waals surface area contributed by atoms with Gasteiger partial charge in [-0.3, -0.25) is 0 Å². The van der Waals surface area contributed by atoms with Crippen LogP contribution in [0.1, 0.15) is 0 Å². The predicted octanol–water partition coefficient (Wildman–Crippen LogP) is 29.2. The number of hydrogen-bond donors (Lipinski definition) is 0. The van der Waals surface area contributed by atoms with Gasteiger partial charge in [-0.25, -0.2) is 29.9 Å². The van der Waals surface area contributed by atoms with Crippen LogP contribution in [0.25, 0.3) is 227 Å². The van der Waals surface area contributed by atoms with Crippen molar-refractivity contribution in [2.24, 2.45) is 0 Å². The number of fused-ring (bicyclic) bond motifs is 12. The van der Waals surface area contributed by atoms with Gasteiger partial charge in [0.15, 0.2) is 34.9 Å². The van der Waals surface area contributed by atoms with E-state index in [1.165, 1.54) is 66.9 Å². The van der Waals surface area contributed by atoms with Gasteiger partial charge in [-0.15, -0.1) is 45.3 Å². The van der Waals surface area contributed by atoms with Gasteiger partial charge < -0.3 is 0 Å². The standard InChI is InChI=1S/C102H60N6S4/c1-4-24-61(25-5-1)69-57-70(75-39-22-41-80-77-34-13-17-45-89(77)110-94(75)80)59-71(58-69)98-105-99(82-36-11-10-32-72(82)63-26-6-2-7-27-63)107-102(106-98)86-55-54-73(92-84-37-15-19-47-91(84)112-96(86)92)67-52-53-83(87(60-67)64-28-8-3-9-29-64)100-103-97(104-101(108-100)85-43-23-42-81-78-35-14-18-46-90(78)111-95(81)85)68-31-20-30-66(56-68)62-48-50-65(51-49-62)74-38-21-40-79-76-33-12-16-44-88(76)109-93(74)79/h1-60H. The lowest BCUT2D eigenvalue weighted by atomic mass is 9.91. The third-order valence-corrected chi connectivity index (χ3v) is 26.5. The summed E-state index contributed by atoms with van der Waals surface area (Å²) >= 11 is 7.25. The second-order valence-electron chi connectivity index (χ2n) is 28.3. The van der Waals surface area contributed by atoms with E-state index >= 15 is 0 Å². The smallest absolute Gasteiger partial charge is 0.165 e. The Kier molecular flexibility index (Phi) is 15.9. The SMILES string of the molecule is c1ccc(-c2cc(-c3nc(-c4ccccc4-c4ccccc4)nc(-c4ccc(-c5ccc(-c6nc(-c7cccc(-c8ccc(-c9cccc%10c9sc9ccccc9%10)cc8)c7)nc(-c7cccc8c7sc7ccccc78)n6)c(-c6ccccc6)c5)c5c4sc4ccccc45)n3)cc(-c3cccc4c3sc3ccccc34)c2)cc1. The molecule has 6 aromatic heterocycles. The highest BCUT2D eigenvalue weighted by atomic mass is 32.1. The Hall–Kier alpha value is -13.6. The van der Waals surface area contributed by atoms with Crippen LogP contribution in [-0.2, 0) is 0 Å². The zero-order valence-corrected chi connectivity index (χ0v) is 63.2.